The summed E-state index contributed by atoms with van der Waals surface area (Å²) >= 11 is 1.24. The summed E-state index contributed by atoms with van der Waals surface area (Å²) in [6, 6.07) is 16.2. The summed E-state index contributed by atoms with van der Waals surface area (Å²) in [5, 5.41) is 16.7. The Morgan fingerprint density at radius 1 is 1.14 bits per heavy atom. The third-order valence-electron chi connectivity index (χ3n) is 6.64. The van der Waals surface area contributed by atoms with Crippen LogP contribution in [0.1, 0.15) is 34.5 Å². The number of amides is 3. The smallest absolute Gasteiger partial charge is 0.331 e. The second-order valence-corrected chi connectivity index (χ2v) is 10.0. The standard InChI is InChI=1S/C27H24N4O4S/c1-15-14-17(35-16-6-3-2-4-7-16)10-11-19(15)31-20-12-13-28-26-22(20)23(30-27(31)34)24(36-26)25(33)29-18-8-5-9-21(18)32/h2-4,6-7,10-14,18,21,32H,5,8-9H2,1H3,(H,29,33)(H,30,34)/t18-,21?/m1/s1. The molecule has 1 aliphatic heterocycles. The number of ether oxygens (including phenoxy) is 1. The van der Waals surface area contributed by atoms with Crippen LogP contribution < -0.4 is 20.3 Å². The molecule has 9 heteroatoms. The Morgan fingerprint density at radius 3 is 2.72 bits per heavy atom. The number of aryl methyl sites for hydroxylation is 1. The lowest BCUT2D eigenvalue weighted by Crippen LogP contribution is -2.40. The van der Waals surface area contributed by atoms with Gasteiger partial charge < -0.3 is 20.5 Å². The molecule has 2 aliphatic rings. The lowest BCUT2D eigenvalue weighted by atomic mass is 10.1. The molecule has 0 radical (unpaired) electrons. The number of aliphatic hydroxyl groups is 1. The van der Waals surface area contributed by atoms with E-state index in [-0.39, 0.29) is 18.0 Å². The molecular formula is C27H24N4O4S. The first kappa shape index (κ1) is 22.5. The van der Waals surface area contributed by atoms with Crippen molar-refractivity contribution in [1.82, 2.24) is 10.3 Å². The van der Waals surface area contributed by atoms with E-state index in [2.05, 4.69) is 15.6 Å². The predicted molar refractivity (Wildman–Crippen MR) is 140 cm³/mol. The Balaban J connectivity index is 1.35. The summed E-state index contributed by atoms with van der Waals surface area (Å²) in [6.07, 6.45) is 3.39. The van der Waals surface area contributed by atoms with Crippen LogP contribution in [0.5, 0.6) is 11.5 Å². The molecule has 3 N–H and O–H groups in total. The van der Waals surface area contributed by atoms with Crippen LogP contribution in [0, 0.1) is 6.92 Å². The third-order valence-corrected chi connectivity index (χ3v) is 7.73. The number of pyridine rings is 1. The first-order valence-electron chi connectivity index (χ1n) is 11.8. The maximum atomic E-state index is 13.4. The van der Waals surface area contributed by atoms with E-state index in [1.807, 2.05) is 55.5 Å². The van der Waals surface area contributed by atoms with Crippen molar-refractivity contribution >= 4 is 50.6 Å². The Hall–Kier alpha value is -3.95. The zero-order valence-corrected chi connectivity index (χ0v) is 20.3. The molecule has 1 fully saturated rings. The number of carbonyl (C=O) groups is 2. The van der Waals surface area contributed by atoms with Gasteiger partial charge in [0, 0.05) is 6.20 Å². The molecule has 0 bridgehead atoms. The number of carbonyl (C=O) groups excluding carboxylic acids is 2. The van der Waals surface area contributed by atoms with Gasteiger partial charge in [-0.1, -0.05) is 18.2 Å². The fourth-order valence-corrected chi connectivity index (χ4v) is 5.92. The monoisotopic (exact) mass is 500 g/mol. The number of hydrogen-bond acceptors (Lipinski definition) is 6. The SMILES string of the molecule is Cc1cc(Oc2ccccc2)ccc1N1C(=O)Nc2c(C(=O)N[C@@H]3CCCC3O)sc3nccc1c23. The number of anilines is 3. The molecule has 2 atom stereocenters. The Bertz CT molecular complexity index is 1490. The molecule has 8 nitrogen and oxygen atoms in total. The van der Waals surface area contributed by atoms with Crippen LogP contribution in [0.25, 0.3) is 10.2 Å². The van der Waals surface area contributed by atoms with E-state index in [1.54, 1.807) is 17.2 Å². The summed E-state index contributed by atoms with van der Waals surface area (Å²) in [4.78, 5) is 33.6. The Labute approximate surface area is 211 Å². The van der Waals surface area contributed by atoms with Crippen LogP contribution in [-0.2, 0) is 0 Å². The van der Waals surface area contributed by atoms with Gasteiger partial charge in [-0.3, -0.25) is 9.69 Å². The van der Waals surface area contributed by atoms with Gasteiger partial charge in [0.25, 0.3) is 5.91 Å². The van der Waals surface area contributed by atoms with Crippen LogP contribution in [0.2, 0.25) is 0 Å². The highest BCUT2D eigenvalue weighted by Crippen LogP contribution is 2.46. The van der Waals surface area contributed by atoms with Crippen LogP contribution in [0.15, 0.2) is 60.8 Å². The van der Waals surface area contributed by atoms with E-state index in [4.69, 9.17) is 4.74 Å². The number of aliphatic hydroxyl groups excluding tert-OH is 1. The highest BCUT2D eigenvalue weighted by atomic mass is 32.1. The molecule has 182 valence electrons. The van der Waals surface area contributed by atoms with E-state index in [9.17, 15) is 14.7 Å². The van der Waals surface area contributed by atoms with E-state index < -0.39 is 6.10 Å². The van der Waals surface area contributed by atoms with Crippen molar-refractivity contribution in [1.29, 1.82) is 0 Å². The van der Waals surface area contributed by atoms with E-state index in [0.29, 0.717) is 38.9 Å². The number of aromatic nitrogens is 1. The second-order valence-electron chi connectivity index (χ2n) is 9.02. The van der Waals surface area contributed by atoms with Crippen molar-refractivity contribution in [3.63, 3.8) is 0 Å². The normalized spacial score (nSPS) is 18.8. The highest BCUT2D eigenvalue weighted by molar-refractivity contribution is 7.21. The zero-order chi connectivity index (χ0) is 24.8. The van der Waals surface area contributed by atoms with Gasteiger partial charge in [0.05, 0.1) is 34.6 Å². The summed E-state index contributed by atoms with van der Waals surface area (Å²) in [6.45, 7) is 1.92. The number of rotatable bonds is 5. The Kier molecular flexibility index (Phi) is 5.58. The topological polar surface area (TPSA) is 104 Å². The average Bonchev–Trinajstić information content (AvgIpc) is 3.45. The number of para-hydroxylation sites is 1. The van der Waals surface area contributed by atoms with Gasteiger partial charge >= 0.3 is 6.03 Å². The van der Waals surface area contributed by atoms with Crippen LogP contribution in [0.3, 0.4) is 0 Å². The maximum absolute atomic E-state index is 13.4. The third kappa shape index (κ3) is 3.86. The molecular weight excluding hydrogens is 476 g/mol. The highest BCUT2D eigenvalue weighted by Gasteiger charge is 2.35. The van der Waals surface area contributed by atoms with Gasteiger partial charge in [-0.05, 0) is 68.1 Å². The minimum atomic E-state index is -0.546. The number of thiophene rings is 1. The number of nitrogens with one attached hydrogen (secondary N) is 2. The lowest BCUT2D eigenvalue weighted by Gasteiger charge is -2.29. The molecule has 1 unspecified atom stereocenters. The molecule has 0 spiro atoms. The molecule has 2 aromatic heterocycles. The number of benzene rings is 2. The van der Waals surface area contributed by atoms with Crippen molar-refractivity contribution in [3.8, 4) is 11.5 Å². The molecule has 6 rings (SSSR count). The minimum absolute atomic E-state index is 0.280. The van der Waals surface area contributed by atoms with E-state index in [0.717, 1.165) is 29.5 Å². The van der Waals surface area contributed by atoms with Gasteiger partial charge in [0.15, 0.2) is 0 Å². The van der Waals surface area contributed by atoms with Crippen molar-refractivity contribution in [3.05, 3.63) is 71.2 Å². The summed E-state index contributed by atoms with van der Waals surface area (Å²) in [7, 11) is 0. The second kappa shape index (κ2) is 8.92. The zero-order valence-electron chi connectivity index (χ0n) is 19.5. The van der Waals surface area contributed by atoms with Crippen molar-refractivity contribution in [2.24, 2.45) is 0 Å². The first-order chi connectivity index (χ1) is 17.5. The molecule has 0 saturated heterocycles. The van der Waals surface area contributed by atoms with Gasteiger partial charge in [-0.2, -0.15) is 0 Å². The molecule has 36 heavy (non-hydrogen) atoms. The molecule has 1 saturated carbocycles. The molecule has 4 aromatic rings. The van der Waals surface area contributed by atoms with Crippen LogP contribution in [0.4, 0.5) is 21.9 Å². The van der Waals surface area contributed by atoms with Gasteiger partial charge in [-0.15, -0.1) is 11.3 Å². The van der Waals surface area contributed by atoms with Gasteiger partial charge in [0.1, 0.15) is 21.2 Å². The van der Waals surface area contributed by atoms with Crippen LogP contribution >= 0.6 is 11.3 Å². The lowest BCUT2D eigenvalue weighted by molar-refractivity contribution is 0.0878. The predicted octanol–water partition coefficient (Wildman–Crippen LogP) is 5.72. The minimum Gasteiger partial charge on any atom is -0.457 e. The first-order valence-corrected chi connectivity index (χ1v) is 12.7. The fourth-order valence-electron chi connectivity index (χ4n) is 4.89. The fraction of sp³-hybridized carbons (Fsp3) is 0.222. The van der Waals surface area contributed by atoms with Gasteiger partial charge in [0.2, 0.25) is 0 Å². The van der Waals surface area contributed by atoms with Crippen LogP contribution in [-0.4, -0.2) is 34.2 Å². The van der Waals surface area contributed by atoms with E-state index in [1.165, 1.54) is 11.3 Å². The molecule has 1 aliphatic carbocycles. The summed E-state index contributed by atoms with van der Waals surface area (Å²) in [5.74, 6) is 1.09. The van der Waals surface area contributed by atoms with Crippen molar-refractivity contribution in [2.45, 2.75) is 38.3 Å². The molecule has 3 heterocycles. The number of urea groups is 1. The largest absolute Gasteiger partial charge is 0.457 e. The van der Waals surface area contributed by atoms with E-state index >= 15 is 0 Å². The average molecular weight is 501 g/mol. The van der Waals surface area contributed by atoms with Gasteiger partial charge in [-0.25, -0.2) is 9.78 Å². The maximum Gasteiger partial charge on any atom is 0.331 e. The van der Waals surface area contributed by atoms with Crippen molar-refractivity contribution < 1.29 is 19.4 Å². The summed E-state index contributed by atoms with van der Waals surface area (Å²) in [5.41, 5.74) is 2.69. The number of hydrogen-bond donors (Lipinski definition) is 3. The van der Waals surface area contributed by atoms with Crippen molar-refractivity contribution in [2.75, 3.05) is 10.2 Å². The quantitative estimate of drug-likeness (QED) is 0.325. The molecule has 2 aromatic carbocycles. The summed E-state index contributed by atoms with van der Waals surface area (Å²) < 4.78 is 5.94. The Morgan fingerprint density at radius 2 is 1.97 bits per heavy atom. The number of nitrogens with zero attached hydrogens (tertiary/aromatic N) is 2. The molecule has 3 amide bonds.